The molecular weight excluding hydrogens is 429 g/mol. The Morgan fingerprint density at radius 1 is 1.07 bits per heavy atom. The van der Waals surface area contributed by atoms with Gasteiger partial charge in [0.05, 0.1) is 47.2 Å². The van der Waals surface area contributed by atoms with E-state index in [2.05, 4.69) is 10.3 Å². The van der Waals surface area contributed by atoms with Crippen LogP contribution >= 0.6 is 34.8 Å². The number of hydrogen-bond donors (Lipinski definition) is 1. The second-order valence-corrected chi connectivity index (χ2v) is 6.95. The van der Waals surface area contributed by atoms with Gasteiger partial charge in [0, 0.05) is 17.2 Å². The summed E-state index contributed by atoms with van der Waals surface area (Å²) < 4.78 is 11.5. The Bertz CT molecular complexity index is 1130. The molecule has 28 heavy (non-hydrogen) atoms. The molecule has 2 aromatic carbocycles. The van der Waals surface area contributed by atoms with Crippen LogP contribution in [0.3, 0.4) is 0 Å². The largest absolute Gasteiger partial charge is 0.495 e. The van der Waals surface area contributed by atoms with E-state index in [0.29, 0.717) is 32.7 Å². The second-order valence-electron chi connectivity index (χ2n) is 5.70. The highest BCUT2D eigenvalue weighted by molar-refractivity contribution is 6.38. The van der Waals surface area contributed by atoms with Gasteiger partial charge in [-0.2, -0.15) is 0 Å². The van der Waals surface area contributed by atoms with Gasteiger partial charge < -0.3 is 14.8 Å². The Balaban J connectivity index is 1.90. The van der Waals surface area contributed by atoms with Crippen LogP contribution < -0.4 is 20.3 Å². The van der Waals surface area contributed by atoms with Crippen LogP contribution in [0, 0.1) is 0 Å². The number of carbonyl (C=O) groups is 1. The minimum absolute atomic E-state index is 0.221. The minimum atomic E-state index is -0.473. The highest BCUT2D eigenvalue weighted by atomic mass is 35.5. The van der Waals surface area contributed by atoms with Gasteiger partial charge >= 0.3 is 0 Å². The third kappa shape index (κ3) is 4.01. The first-order valence-electron chi connectivity index (χ1n) is 7.89. The van der Waals surface area contributed by atoms with Gasteiger partial charge in [-0.3, -0.25) is 14.2 Å². The summed E-state index contributed by atoms with van der Waals surface area (Å²) in [6, 6.07) is 6.00. The normalized spacial score (nSPS) is 10.8. The molecule has 0 saturated heterocycles. The molecule has 0 aliphatic carbocycles. The summed E-state index contributed by atoms with van der Waals surface area (Å²) in [5.74, 6) is 0.243. The van der Waals surface area contributed by atoms with Gasteiger partial charge in [-0.05, 0) is 12.1 Å². The number of hydrogen-bond acceptors (Lipinski definition) is 5. The number of fused-ring (bicyclic) bond motifs is 1. The average molecular weight is 443 g/mol. The van der Waals surface area contributed by atoms with Crippen molar-refractivity contribution in [2.24, 2.45) is 0 Å². The first kappa shape index (κ1) is 20.3. The lowest BCUT2D eigenvalue weighted by atomic mass is 10.2. The lowest BCUT2D eigenvalue weighted by molar-refractivity contribution is -0.116. The Morgan fingerprint density at radius 2 is 1.79 bits per heavy atom. The summed E-state index contributed by atoms with van der Waals surface area (Å²) in [6.45, 7) is -0.278. The van der Waals surface area contributed by atoms with Gasteiger partial charge in [0.1, 0.15) is 18.0 Å². The number of anilines is 1. The number of rotatable bonds is 5. The summed E-state index contributed by atoms with van der Waals surface area (Å²) in [5, 5.41) is 3.78. The van der Waals surface area contributed by atoms with E-state index in [9.17, 15) is 9.59 Å². The van der Waals surface area contributed by atoms with Crippen molar-refractivity contribution in [3.05, 3.63) is 56.0 Å². The van der Waals surface area contributed by atoms with Crippen LogP contribution in [0.25, 0.3) is 10.9 Å². The zero-order valence-corrected chi connectivity index (χ0v) is 17.0. The zero-order chi connectivity index (χ0) is 20.4. The van der Waals surface area contributed by atoms with E-state index in [4.69, 9.17) is 44.3 Å². The highest BCUT2D eigenvalue weighted by Crippen LogP contribution is 2.35. The molecule has 0 atom stereocenters. The number of nitrogens with one attached hydrogen (secondary N) is 1. The van der Waals surface area contributed by atoms with Crippen LogP contribution in [-0.2, 0) is 11.3 Å². The first-order chi connectivity index (χ1) is 13.3. The fourth-order valence-corrected chi connectivity index (χ4v) is 3.38. The topological polar surface area (TPSA) is 82.5 Å². The Kier molecular flexibility index (Phi) is 5.98. The van der Waals surface area contributed by atoms with Crippen molar-refractivity contribution >= 4 is 57.3 Å². The summed E-state index contributed by atoms with van der Waals surface area (Å²) in [5.41, 5.74) is 0.226. The number of methoxy groups -OCH3 is 2. The predicted molar refractivity (Wildman–Crippen MR) is 109 cm³/mol. The predicted octanol–water partition coefficient (Wildman–Crippen LogP) is 4.01. The molecule has 0 spiro atoms. The number of carbonyl (C=O) groups excluding carboxylic acids is 1. The molecule has 0 aliphatic rings. The highest BCUT2D eigenvalue weighted by Gasteiger charge is 2.15. The Hall–Kier alpha value is -2.48. The van der Waals surface area contributed by atoms with E-state index < -0.39 is 11.5 Å². The first-order valence-corrected chi connectivity index (χ1v) is 9.03. The second kappa shape index (κ2) is 8.26. The van der Waals surface area contributed by atoms with Crippen LogP contribution in [0.15, 0.2) is 35.4 Å². The fraction of sp³-hybridized carbons (Fsp3) is 0.167. The minimum Gasteiger partial charge on any atom is -0.495 e. The summed E-state index contributed by atoms with van der Waals surface area (Å²) in [6.07, 6.45) is 1.25. The SMILES string of the molecule is COc1cc(NC(=O)Cn2cnc3c(Cl)cc(Cl)cc3c2=O)c(OC)cc1Cl. The fourth-order valence-electron chi connectivity index (χ4n) is 2.61. The zero-order valence-electron chi connectivity index (χ0n) is 14.8. The molecule has 0 saturated carbocycles. The third-order valence-corrected chi connectivity index (χ3v) is 4.71. The molecule has 0 fully saturated rings. The maximum atomic E-state index is 12.7. The average Bonchev–Trinajstić information content (AvgIpc) is 2.65. The van der Waals surface area contributed by atoms with E-state index in [-0.39, 0.29) is 17.0 Å². The summed E-state index contributed by atoms with van der Waals surface area (Å²) in [4.78, 5) is 29.3. The number of halogens is 3. The van der Waals surface area contributed by atoms with Gasteiger partial charge in [0.25, 0.3) is 5.56 Å². The summed E-state index contributed by atoms with van der Waals surface area (Å²) >= 11 is 18.1. The molecule has 3 rings (SSSR count). The number of benzene rings is 2. The lowest BCUT2D eigenvalue weighted by Gasteiger charge is -2.14. The van der Waals surface area contributed by atoms with Gasteiger partial charge in [-0.1, -0.05) is 34.8 Å². The van der Waals surface area contributed by atoms with Gasteiger partial charge in [-0.15, -0.1) is 0 Å². The van der Waals surface area contributed by atoms with Crippen molar-refractivity contribution in [1.29, 1.82) is 0 Å². The van der Waals surface area contributed by atoms with Crippen LogP contribution in [-0.4, -0.2) is 29.7 Å². The van der Waals surface area contributed by atoms with Gasteiger partial charge in [0.15, 0.2) is 0 Å². The van der Waals surface area contributed by atoms with Crippen LogP contribution in [0.5, 0.6) is 11.5 Å². The number of amides is 1. The van der Waals surface area contributed by atoms with Crippen molar-refractivity contribution in [2.75, 3.05) is 19.5 Å². The molecule has 1 amide bonds. The molecule has 3 aromatic rings. The molecule has 0 bridgehead atoms. The van der Waals surface area contributed by atoms with Gasteiger partial charge in [-0.25, -0.2) is 4.98 Å². The summed E-state index contributed by atoms with van der Waals surface area (Å²) in [7, 11) is 2.90. The van der Waals surface area contributed by atoms with Crippen molar-refractivity contribution < 1.29 is 14.3 Å². The Morgan fingerprint density at radius 3 is 2.46 bits per heavy atom. The maximum Gasteiger partial charge on any atom is 0.261 e. The quantitative estimate of drug-likeness (QED) is 0.645. The maximum absolute atomic E-state index is 12.7. The van der Waals surface area contributed by atoms with E-state index in [1.807, 2.05) is 0 Å². The molecule has 10 heteroatoms. The molecule has 0 aliphatic heterocycles. The molecule has 146 valence electrons. The monoisotopic (exact) mass is 441 g/mol. The molecule has 7 nitrogen and oxygen atoms in total. The van der Waals surface area contributed by atoms with Crippen molar-refractivity contribution in [3.63, 3.8) is 0 Å². The molecule has 0 radical (unpaired) electrons. The lowest BCUT2D eigenvalue weighted by Crippen LogP contribution is -2.28. The smallest absolute Gasteiger partial charge is 0.261 e. The standard InChI is InChI=1S/C18H14Cl3N3O4/c1-27-14-6-13(15(28-2)5-11(14)20)23-16(25)7-24-8-22-17-10(18(24)26)3-9(19)4-12(17)21/h3-6,8H,7H2,1-2H3,(H,23,25). The van der Waals surface area contributed by atoms with E-state index in [0.717, 1.165) is 4.57 Å². The molecule has 0 unspecified atom stereocenters. The molecule has 1 aromatic heterocycles. The molecule has 1 heterocycles. The van der Waals surface area contributed by atoms with E-state index in [1.165, 1.54) is 44.8 Å². The van der Waals surface area contributed by atoms with Crippen LogP contribution in [0.4, 0.5) is 5.69 Å². The number of aromatic nitrogens is 2. The van der Waals surface area contributed by atoms with E-state index in [1.54, 1.807) is 0 Å². The third-order valence-electron chi connectivity index (χ3n) is 3.91. The molecular formula is C18H14Cl3N3O4. The van der Waals surface area contributed by atoms with Crippen molar-refractivity contribution in [1.82, 2.24) is 9.55 Å². The number of nitrogens with zero attached hydrogens (tertiary/aromatic N) is 2. The molecule has 1 N–H and O–H groups in total. The number of ether oxygens (including phenoxy) is 2. The van der Waals surface area contributed by atoms with Crippen molar-refractivity contribution in [3.8, 4) is 11.5 Å². The van der Waals surface area contributed by atoms with Gasteiger partial charge in [0.2, 0.25) is 5.91 Å². The van der Waals surface area contributed by atoms with Crippen LogP contribution in [0.2, 0.25) is 15.1 Å². The van der Waals surface area contributed by atoms with E-state index >= 15 is 0 Å². The van der Waals surface area contributed by atoms with Crippen molar-refractivity contribution in [2.45, 2.75) is 6.54 Å². The Labute approximate surface area is 174 Å². The van der Waals surface area contributed by atoms with Crippen LogP contribution in [0.1, 0.15) is 0 Å².